The zero-order valence-corrected chi connectivity index (χ0v) is 18.9. The van der Waals surface area contributed by atoms with E-state index < -0.39 is 0 Å². The van der Waals surface area contributed by atoms with E-state index in [1.165, 1.54) is 16.8 Å². The summed E-state index contributed by atoms with van der Waals surface area (Å²) < 4.78 is 2.43. The van der Waals surface area contributed by atoms with E-state index in [1.54, 1.807) is 18.0 Å². The predicted molar refractivity (Wildman–Crippen MR) is 126 cm³/mol. The fourth-order valence-corrected chi connectivity index (χ4v) is 5.83. The van der Waals surface area contributed by atoms with Crippen molar-refractivity contribution in [2.24, 2.45) is 0 Å². The molecule has 0 spiro atoms. The highest BCUT2D eigenvalue weighted by atomic mass is 35.5. The smallest absolute Gasteiger partial charge is 0.0432 e. The van der Waals surface area contributed by atoms with Crippen LogP contribution in [0, 0.1) is 0 Å². The molecule has 1 saturated heterocycles. The lowest BCUT2D eigenvalue weighted by Gasteiger charge is -2.36. The highest BCUT2D eigenvalue weighted by Gasteiger charge is 2.20. The van der Waals surface area contributed by atoms with Gasteiger partial charge in [0, 0.05) is 66.4 Å². The molecular formula is C23H27Cl2N3S. The van der Waals surface area contributed by atoms with E-state index in [-0.39, 0.29) is 0 Å². The fraction of sp³-hybridized carbons (Fsp3) is 0.391. The van der Waals surface area contributed by atoms with Crippen LogP contribution in [0.5, 0.6) is 0 Å². The lowest BCUT2D eigenvalue weighted by Crippen LogP contribution is -2.46. The minimum Gasteiger partial charge on any atom is -0.369 e. The molecule has 0 bridgehead atoms. The minimum atomic E-state index is 0.688. The van der Waals surface area contributed by atoms with Crippen molar-refractivity contribution < 1.29 is 0 Å². The van der Waals surface area contributed by atoms with Crippen molar-refractivity contribution in [3.8, 4) is 0 Å². The van der Waals surface area contributed by atoms with Crippen molar-refractivity contribution in [3.05, 3.63) is 70.2 Å². The molecule has 0 atom stereocenters. The maximum Gasteiger partial charge on any atom is 0.0432 e. The van der Waals surface area contributed by atoms with E-state index in [0.717, 1.165) is 63.6 Å². The van der Waals surface area contributed by atoms with Crippen molar-refractivity contribution in [2.45, 2.75) is 24.3 Å². The number of aryl methyl sites for hydroxylation is 1. The Bertz CT molecular complexity index is 845. The molecule has 3 nitrogen and oxygen atoms in total. The number of rotatable bonds is 5. The largest absolute Gasteiger partial charge is 0.369 e. The highest BCUT2D eigenvalue weighted by Crippen LogP contribution is 2.33. The van der Waals surface area contributed by atoms with Crippen molar-refractivity contribution in [1.29, 1.82) is 0 Å². The summed E-state index contributed by atoms with van der Waals surface area (Å²) in [6, 6.07) is 12.8. The highest BCUT2D eigenvalue weighted by molar-refractivity contribution is 7.97. The quantitative estimate of drug-likeness (QED) is 0.425. The van der Waals surface area contributed by atoms with Gasteiger partial charge in [-0.3, -0.25) is 4.90 Å². The molecule has 29 heavy (non-hydrogen) atoms. The van der Waals surface area contributed by atoms with Crippen molar-refractivity contribution in [2.75, 3.05) is 44.2 Å². The lowest BCUT2D eigenvalue weighted by atomic mass is 10.0. The summed E-state index contributed by atoms with van der Waals surface area (Å²) in [7, 11) is 0. The number of nitrogens with zero attached hydrogens (tertiary/aromatic N) is 3. The second kappa shape index (κ2) is 9.76. The van der Waals surface area contributed by atoms with Gasteiger partial charge in [-0.2, -0.15) is 0 Å². The maximum atomic E-state index is 6.19. The van der Waals surface area contributed by atoms with E-state index in [9.17, 15) is 0 Å². The number of fused-ring (bicyclic) bond motifs is 1. The number of piperazine rings is 1. The van der Waals surface area contributed by atoms with E-state index >= 15 is 0 Å². The molecule has 0 unspecified atom stereocenters. The molecule has 2 heterocycles. The van der Waals surface area contributed by atoms with Gasteiger partial charge in [-0.25, -0.2) is 4.31 Å². The number of hydrogen-bond donors (Lipinski definition) is 0. The Kier molecular flexibility index (Phi) is 7.09. The summed E-state index contributed by atoms with van der Waals surface area (Å²) in [4.78, 5) is 6.07. The van der Waals surface area contributed by atoms with Gasteiger partial charge in [0.15, 0.2) is 0 Å². The van der Waals surface area contributed by atoms with E-state index in [4.69, 9.17) is 23.2 Å². The first-order chi connectivity index (χ1) is 14.1. The van der Waals surface area contributed by atoms with E-state index in [2.05, 4.69) is 38.9 Å². The van der Waals surface area contributed by atoms with Crippen LogP contribution in [0.15, 0.2) is 53.9 Å². The van der Waals surface area contributed by atoms with Crippen molar-refractivity contribution >= 4 is 40.8 Å². The van der Waals surface area contributed by atoms with Gasteiger partial charge in [-0.15, -0.1) is 6.58 Å². The first kappa shape index (κ1) is 21.1. The summed E-state index contributed by atoms with van der Waals surface area (Å²) in [6.07, 6.45) is 4.29. The van der Waals surface area contributed by atoms with E-state index in [1.807, 2.05) is 18.2 Å². The molecule has 2 aromatic carbocycles. The molecule has 0 amide bonds. The summed E-state index contributed by atoms with van der Waals surface area (Å²) in [5.74, 6) is 0. The Morgan fingerprint density at radius 1 is 0.931 bits per heavy atom. The fourth-order valence-electron chi connectivity index (χ4n) is 4.09. The molecule has 154 valence electrons. The molecule has 0 aromatic heterocycles. The maximum absolute atomic E-state index is 6.19. The summed E-state index contributed by atoms with van der Waals surface area (Å²) in [5.41, 5.74) is 4.26. The Morgan fingerprint density at radius 3 is 2.41 bits per heavy atom. The van der Waals surface area contributed by atoms with Gasteiger partial charge in [-0.1, -0.05) is 35.3 Å². The molecule has 0 saturated carbocycles. The van der Waals surface area contributed by atoms with Crippen molar-refractivity contribution in [1.82, 2.24) is 9.21 Å². The van der Waals surface area contributed by atoms with Gasteiger partial charge in [0.1, 0.15) is 0 Å². The zero-order valence-electron chi connectivity index (χ0n) is 16.6. The Hall–Kier alpha value is -1.17. The van der Waals surface area contributed by atoms with Gasteiger partial charge < -0.3 is 4.90 Å². The Morgan fingerprint density at radius 2 is 1.69 bits per heavy atom. The topological polar surface area (TPSA) is 9.72 Å². The molecule has 0 aliphatic carbocycles. The summed E-state index contributed by atoms with van der Waals surface area (Å²) in [5, 5.41) is 1.38. The van der Waals surface area contributed by atoms with Crippen LogP contribution in [-0.2, 0) is 13.0 Å². The molecule has 1 fully saturated rings. The van der Waals surface area contributed by atoms with Crippen LogP contribution in [0.3, 0.4) is 0 Å². The van der Waals surface area contributed by atoms with Crippen LogP contribution in [0.4, 0.5) is 5.69 Å². The SMILES string of the molecule is C=CCN1CCN(c2ccc3c(c2)CN(Sc2cc(Cl)cc(Cl)c2)CCC3)CC1. The van der Waals surface area contributed by atoms with Crippen LogP contribution in [0.25, 0.3) is 0 Å². The Labute approximate surface area is 188 Å². The number of anilines is 1. The first-order valence-corrected chi connectivity index (χ1v) is 11.7. The molecule has 6 heteroatoms. The third-order valence-corrected chi connectivity index (χ3v) is 7.04. The molecule has 4 rings (SSSR count). The van der Waals surface area contributed by atoms with Crippen LogP contribution in [0.1, 0.15) is 17.5 Å². The first-order valence-electron chi connectivity index (χ1n) is 10.2. The third-order valence-electron chi connectivity index (χ3n) is 5.59. The number of benzene rings is 2. The second-order valence-corrected chi connectivity index (χ2v) is 9.74. The van der Waals surface area contributed by atoms with Gasteiger partial charge in [0.25, 0.3) is 0 Å². The average Bonchev–Trinajstić information content (AvgIpc) is 2.89. The molecule has 2 aromatic rings. The Balaban J connectivity index is 1.46. The second-order valence-electron chi connectivity index (χ2n) is 7.69. The molecule has 2 aliphatic heterocycles. The van der Waals surface area contributed by atoms with Gasteiger partial charge in [0.05, 0.1) is 0 Å². The van der Waals surface area contributed by atoms with Crippen LogP contribution in [-0.4, -0.2) is 48.5 Å². The van der Waals surface area contributed by atoms with Crippen LogP contribution < -0.4 is 4.90 Å². The number of hydrogen-bond acceptors (Lipinski definition) is 4. The third kappa shape index (κ3) is 5.50. The van der Waals surface area contributed by atoms with Crippen LogP contribution in [0.2, 0.25) is 10.0 Å². The normalized spacial score (nSPS) is 18.3. The van der Waals surface area contributed by atoms with E-state index in [0.29, 0.717) is 10.0 Å². The molecule has 0 radical (unpaired) electrons. The minimum absolute atomic E-state index is 0.688. The average molecular weight is 448 g/mol. The number of halogens is 2. The molecule has 2 aliphatic rings. The van der Waals surface area contributed by atoms with Gasteiger partial charge >= 0.3 is 0 Å². The molecular weight excluding hydrogens is 421 g/mol. The summed E-state index contributed by atoms with van der Waals surface area (Å²) in [6.45, 7) is 11.2. The van der Waals surface area contributed by atoms with Crippen molar-refractivity contribution in [3.63, 3.8) is 0 Å². The summed E-state index contributed by atoms with van der Waals surface area (Å²) >= 11 is 14.1. The molecule has 0 N–H and O–H groups in total. The van der Waals surface area contributed by atoms with Crippen LogP contribution >= 0.6 is 35.1 Å². The van der Waals surface area contributed by atoms with Gasteiger partial charge in [0.2, 0.25) is 0 Å². The lowest BCUT2D eigenvalue weighted by molar-refractivity contribution is 0.284. The van der Waals surface area contributed by atoms with Gasteiger partial charge in [-0.05, 0) is 66.2 Å². The standard InChI is InChI=1S/C23H27Cl2N3S/c1-2-7-26-9-11-27(12-10-26)22-6-5-18-4-3-8-28(17-19(18)13-22)29-23-15-20(24)14-21(25)16-23/h2,5-6,13-16H,1,3-4,7-12,17H2. The predicted octanol–water partition coefficient (Wildman–Crippen LogP) is 5.76. The zero-order chi connectivity index (χ0) is 20.2. The monoisotopic (exact) mass is 447 g/mol.